The number of aromatic nitrogens is 7. The average Bonchev–Trinajstić information content (AvgIpc) is 3.62. The number of nitrogens with one attached hydrogen (secondary N) is 2. The Labute approximate surface area is 281 Å². The van der Waals surface area contributed by atoms with E-state index in [0.29, 0.717) is 52.3 Å². The summed E-state index contributed by atoms with van der Waals surface area (Å²) in [6.45, 7) is 8.59. The van der Waals surface area contributed by atoms with Crippen LogP contribution in [0.3, 0.4) is 0 Å². The number of alkyl carbamates (subject to hydrolysis) is 1. The molecule has 17 heteroatoms. The third kappa shape index (κ3) is 7.50. The van der Waals surface area contributed by atoms with Crippen LogP contribution in [0, 0.1) is 6.92 Å². The molecule has 1 aliphatic carbocycles. The van der Waals surface area contributed by atoms with Crippen molar-refractivity contribution < 1.29 is 23.8 Å². The first-order valence-corrected chi connectivity index (χ1v) is 16.8. The number of thiazole rings is 1. The fourth-order valence-electron chi connectivity index (χ4n) is 6.01. The Hall–Kier alpha value is -4.80. The second-order valence-corrected chi connectivity index (χ2v) is 14.2. The number of carbonyl (C=O) groups is 2. The number of amides is 2. The van der Waals surface area contributed by atoms with E-state index in [1.54, 1.807) is 16.9 Å². The molecule has 1 saturated heterocycles. The summed E-state index contributed by atoms with van der Waals surface area (Å²) in [6, 6.07) is 1.76. The monoisotopic (exact) mass is 679 g/mol. The number of methoxy groups -OCH3 is 1. The van der Waals surface area contributed by atoms with E-state index in [2.05, 4.69) is 40.5 Å². The Morgan fingerprint density at radius 1 is 1.04 bits per heavy atom. The summed E-state index contributed by atoms with van der Waals surface area (Å²) >= 11 is 1.31. The minimum absolute atomic E-state index is 0.0168. The molecule has 0 aromatic carbocycles. The van der Waals surface area contributed by atoms with E-state index < -0.39 is 11.7 Å². The van der Waals surface area contributed by atoms with Crippen LogP contribution >= 0.6 is 11.3 Å². The van der Waals surface area contributed by atoms with Crippen molar-refractivity contribution in [3.05, 3.63) is 28.5 Å². The number of nitrogen functional groups attached to an aromatic ring is 1. The van der Waals surface area contributed by atoms with Crippen molar-refractivity contribution in [2.45, 2.75) is 90.0 Å². The Kier molecular flexibility index (Phi) is 9.48. The van der Waals surface area contributed by atoms with E-state index in [4.69, 9.17) is 25.0 Å². The quantitative estimate of drug-likeness (QED) is 0.245. The molecule has 1 aliphatic heterocycles. The number of aryl methyl sites for hydroxylation is 1. The van der Waals surface area contributed by atoms with Gasteiger partial charge >= 0.3 is 12.1 Å². The fraction of sp³-hybridized carbons (Fsp3) is 0.548. The molecule has 48 heavy (non-hydrogen) atoms. The van der Waals surface area contributed by atoms with Crippen molar-refractivity contribution in [2.24, 2.45) is 0 Å². The number of hydrogen-bond acceptors (Lipinski definition) is 14. The largest absolute Gasteiger partial charge is 0.473 e. The zero-order chi connectivity index (χ0) is 34.0. The molecule has 4 aromatic rings. The van der Waals surface area contributed by atoms with E-state index in [-0.39, 0.29) is 30.1 Å². The molecule has 2 amide bonds. The molecule has 16 nitrogen and oxygen atoms in total. The molecule has 2 fully saturated rings. The Morgan fingerprint density at radius 2 is 1.83 bits per heavy atom. The smallest absolute Gasteiger partial charge is 0.407 e. The molecule has 4 aromatic heterocycles. The van der Waals surface area contributed by atoms with Crippen molar-refractivity contribution in [1.82, 2.24) is 45.3 Å². The first kappa shape index (κ1) is 33.1. The summed E-state index contributed by atoms with van der Waals surface area (Å²) in [5.41, 5.74) is 6.30. The topological polar surface area (TPSA) is 197 Å². The van der Waals surface area contributed by atoms with Crippen molar-refractivity contribution in [3.8, 4) is 17.7 Å². The zero-order valence-corrected chi connectivity index (χ0v) is 28.5. The lowest BCUT2D eigenvalue weighted by Crippen LogP contribution is -2.48. The van der Waals surface area contributed by atoms with Crippen LogP contribution < -0.4 is 30.7 Å². The Bertz CT molecular complexity index is 1780. The normalized spacial score (nSPS) is 19.9. The van der Waals surface area contributed by atoms with Gasteiger partial charge in [-0.1, -0.05) is 0 Å². The lowest BCUT2D eigenvalue weighted by Gasteiger charge is -2.33. The molecule has 4 N–H and O–H groups in total. The molecule has 256 valence electrons. The summed E-state index contributed by atoms with van der Waals surface area (Å²) in [4.78, 5) is 50.1. The highest BCUT2D eigenvalue weighted by Gasteiger charge is 2.31. The number of anilines is 2. The van der Waals surface area contributed by atoms with E-state index in [9.17, 15) is 9.59 Å². The predicted molar refractivity (Wildman–Crippen MR) is 179 cm³/mol. The SMILES string of the molecule is COc1nccc(-n2nc(N3CCC[C@@H](NC(=O)c4sc(C)nc4OC4CCC(NC(=O)OC(C)(C)C)CC4)C3)c3c(N)ncnc32)n1. The molecule has 0 spiro atoms. The summed E-state index contributed by atoms with van der Waals surface area (Å²) < 4.78 is 18.5. The maximum atomic E-state index is 13.6. The van der Waals surface area contributed by atoms with Crippen molar-refractivity contribution in [3.63, 3.8) is 0 Å². The lowest BCUT2D eigenvalue weighted by molar-refractivity contribution is 0.0468. The van der Waals surface area contributed by atoms with Crippen LogP contribution in [0.25, 0.3) is 16.9 Å². The third-order valence-corrected chi connectivity index (χ3v) is 9.08. The van der Waals surface area contributed by atoms with Gasteiger partial charge in [-0.15, -0.1) is 16.4 Å². The van der Waals surface area contributed by atoms with Crippen molar-refractivity contribution in [1.29, 1.82) is 0 Å². The van der Waals surface area contributed by atoms with Crippen molar-refractivity contribution >= 4 is 46.0 Å². The second-order valence-electron chi connectivity index (χ2n) is 13.0. The zero-order valence-electron chi connectivity index (χ0n) is 27.7. The van der Waals surface area contributed by atoms with Gasteiger partial charge in [-0.3, -0.25) is 4.79 Å². The van der Waals surface area contributed by atoms with Gasteiger partial charge in [0, 0.05) is 37.4 Å². The molecule has 0 unspecified atom stereocenters. The van der Waals surface area contributed by atoms with Gasteiger partial charge in [-0.2, -0.15) is 9.67 Å². The van der Waals surface area contributed by atoms with Gasteiger partial charge in [0.15, 0.2) is 22.2 Å². The molecular formula is C31H41N11O5S. The average molecular weight is 680 g/mol. The van der Waals surface area contributed by atoms with Crippen molar-refractivity contribution in [2.75, 3.05) is 30.8 Å². The van der Waals surface area contributed by atoms with Gasteiger partial charge in [-0.05, 0) is 66.2 Å². The predicted octanol–water partition coefficient (Wildman–Crippen LogP) is 3.57. The molecule has 6 rings (SSSR count). The van der Waals surface area contributed by atoms with Gasteiger partial charge in [0.25, 0.3) is 5.91 Å². The maximum Gasteiger partial charge on any atom is 0.407 e. The summed E-state index contributed by atoms with van der Waals surface area (Å²) in [5, 5.41) is 12.4. The molecule has 5 heterocycles. The highest BCUT2D eigenvalue weighted by Crippen LogP contribution is 2.33. The fourth-order valence-corrected chi connectivity index (χ4v) is 6.77. The van der Waals surface area contributed by atoms with Crippen LogP contribution in [0.1, 0.15) is 74.0 Å². The van der Waals surface area contributed by atoms with Crippen LogP contribution in [0.5, 0.6) is 11.9 Å². The van der Waals surface area contributed by atoms with Crippen LogP contribution in [-0.2, 0) is 4.74 Å². The number of nitrogens with two attached hydrogens (primary N) is 1. The number of rotatable bonds is 8. The van der Waals surface area contributed by atoms with Gasteiger partial charge in [0.1, 0.15) is 29.2 Å². The Balaban J connectivity index is 1.12. The lowest BCUT2D eigenvalue weighted by atomic mass is 9.93. The third-order valence-electron chi connectivity index (χ3n) is 8.13. The van der Waals surface area contributed by atoms with Gasteiger partial charge < -0.3 is 35.5 Å². The Morgan fingerprint density at radius 3 is 2.58 bits per heavy atom. The highest BCUT2D eigenvalue weighted by atomic mass is 32.1. The maximum absolute atomic E-state index is 13.6. The van der Waals surface area contributed by atoms with E-state index in [1.165, 1.54) is 24.8 Å². The number of carbonyl (C=O) groups excluding carboxylic acids is 2. The minimum atomic E-state index is -0.548. The first-order valence-electron chi connectivity index (χ1n) is 16.0. The summed E-state index contributed by atoms with van der Waals surface area (Å²) in [6.07, 6.45) is 7.01. The number of nitrogens with zero attached hydrogens (tertiary/aromatic N) is 8. The standard InChI is InChI=1S/C31H41N11O5S/c1-17-36-28(46-20-10-8-18(9-11-20)38-30(44)47-31(2,3)4)23(48-17)27(43)37-19-7-6-14-41(15-19)26-22-24(32)34-16-35-25(22)42(40-26)21-12-13-33-29(39-21)45-5/h12-13,16,18-20H,6-11,14-15H2,1-5H3,(H,37,43)(H,38,44)(H2,32,34,35)/t18?,19-,20?/m1/s1. The first-order chi connectivity index (χ1) is 23.0. The number of hydrogen-bond donors (Lipinski definition) is 3. The number of piperidine rings is 1. The molecule has 1 atom stereocenters. The van der Waals surface area contributed by atoms with Gasteiger partial charge in [0.2, 0.25) is 5.88 Å². The van der Waals surface area contributed by atoms with E-state index in [0.717, 1.165) is 43.5 Å². The molecular weight excluding hydrogens is 638 g/mol. The minimum Gasteiger partial charge on any atom is -0.473 e. The van der Waals surface area contributed by atoms with E-state index in [1.807, 2.05) is 27.7 Å². The van der Waals surface area contributed by atoms with Gasteiger partial charge in [0.05, 0.1) is 12.1 Å². The molecule has 0 bridgehead atoms. The summed E-state index contributed by atoms with van der Waals surface area (Å²) in [5.74, 6) is 1.49. The molecule has 1 saturated carbocycles. The molecule has 0 radical (unpaired) electrons. The van der Waals surface area contributed by atoms with Crippen LogP contribution in [0.4, 0.5) is 16.4 Å². The number of fused-ring (bicyclic) bond motifs is 1. The van der Waals surface area contributed by atoms with Crippen LogP contribution in [0.2, 0.25) is 0 Å². The van der Waals surface area contributed by atoms with Crippen LogP contribution in [-0.4, -0.2) is 90.7 Å². The van der Waals surface area contributed by atoms with E-state index >= 15 is 0 Å². The molecule has 2 aliphatic rings. The highest BCUT2D eigenvalue weighted by molar-refractivity contribution is 7.13. The van der Waals surface area contributed by atoms with Crippen LogP contribution in [0.15, 0.2) is 18.6 Å². The second kappa shape index (κ2) is 13.7. The van der Waals surface area contributed by atoms with Gasteiger partial charge in [-0.25, -0.2) is 24.7 Å². The summed E-state index contributed by atoms with van der Waals surface area (Å²) in [7, 11) is 1.50. The number of ether oxygens (including phenoxy) is 3.